The Morgan fingerprint density at radius 1 is 1.25 bits per heavy atom. The Balaban J connectivity index is 1.86. The number of nitro benzene ring substituents is 1. The quantitative estimate of drug-likeness (QED) is 0.464. The predicted molar refractivity (Wildman–Crippen MR) is 99.1 cm³/mol. The number of nitrogens with zero attached hydrogens (tertiary/aromatic N) is 3. The minimum Gasteiger partial charge on any atom is -0.324 e. The second-order valence-corrected chi connectivity index (χ2v) is 7.32. The second kappa shape index (κ2) is 7.17. The number of primary sulfonamides is 1. The van der Waals surface area contributed by atoms with Gasteiger partial charge in [-0.3, -0.25) is 24.3 Å². The van der Waals surface area contributed by atoms with Crippen LogP contribution in [0.1, 0.15) is 0 Å². The van der Waals surface area contributed by atoms with Gasteiger partial charge in [-0.15, -0.1) is 0 Å². The van der Waals surface area contributed by atoms with Gasteiger partial charge >= 0.3 is 0 Å². The van der Waals surface area contributed by atoms with Gasteiger partial charge in [0.2, 0.25) is 15.9 Å². The number of benzene rings is 2. The number of nitro groups is 1. The molecule has 1 heterocycles. The highest BCUT2D eigenvalue weighted by molar-refractivity contribution is 7.89. The van der Waals surface area contributed by atoms with Crippen LogP contribution in [0.5, 0.6) is 0 Å². The molecule has 3 aromatic rings. The summed E-state index contributed by atoms with van der Waals surface area (Å²) in [5, 5.41) is 18.4. The Morgan fingerprint density at radius 2 is 2.00 bits per heavy atom. The highest BCUT2D eigenvalue weighted by atomic mass is 32.2. The first-order valence-corrected chi connectivity index (χ1v) is 9.26. The van der Waals surface area contributed by atoms with Crippen molar-refractivity contribution in [1.82, 2.24) is 9.55 Å². The molecule has 0 unspecified atom stereocenters. The molecule has 0 atom stereocenters. The third-order valence-corrected chi connectivity index (χ3v) is 4.69. The maximum absolute atomic E-state index is 12.5. The van der Waals surface area contributed by atoms with Gasteiger partial charge in [-0.1, -0.05) is 6.07 Å². The summed E-state index contributed by atoms with van der Waals surface area (Å²) in [6.07, 6.45) is 1.15. The number of carbonyl (C=O) groups is 1. The number of aromatic nitrogens is 2. The summed E-state index contributed by atoms with van der Waals surface area (Å²) in [6.45, 7) is -0.427. The fourth-order valence-corrected chi connectivity index (χ4v) is 3.04. The maximum atomic E-state index is 12.5. The molecule has 3 rings (SSSR count). The van der Waals surface area contributed by atoms with Crippen LogP contribution in [0.4, 0.5) is 11.4 Å². The van der Waals surface area contributed by atoms with Crippen molar-refractivity contribution >= 4 is 38.2 Å². The average Bonchev–Trinajstić information content (AvgIpc) is 2.63. The largest absolute Gasteiger partial charge is 0.324 e. The number of non-ortho nitro benzene ring substituents is 1. The lowest BCUT2D eigenvalue weighted by Gasteiger charge is -2.09. The van der Waals surface area contributed by atoms with E-state index in [0.29, 0.717) is 0 Å². The zero-order chi connectivity index (χ0) is 20.5. The molecule has 3 N–H and O–H groups in total. The van der Waals surface area contributed by atoms with Crippen LogP contribution in [-0.4, -0.2) is 28.8 Å². The number of nitrogens with one attached hydrogen (secondary N) is 1. The highest BCUT2D eigenvalue weighted by Gasteiger charge is 2.13. The van der Waals surface area contributed by atoms with Crippen LogP contribution in [-0.2, 0) is 21.4 Å². The molecular weight excluding hydrogens is 390 g/mol. The topological polar surface area (TPSA) is 167 Å². The Hall–Kier alpha value is -3.64. The maximum Gasteiger partial charge on any atom is 0.270 e. The van der Waals surface area contributed by atoms with Gasteiger partial charge in [0.25, 0.3) is 11.2 Å². The monoisotopic (exact) mass is 403 g/mol. The van der Waals surface area contributed by atoms with Crippen molar-refractivity contribution in [2.75, 3.05) is 5.32 Å². The van der Waals surface area contributed by atoms with Crippen LogP contribution >= 0.6 is 0 Å². The molecule has 2 aromatic carbocycles. The van der Waals surface area contributed by atoms with Crippen molar-refractivity contribution in [2.45, 2.75) is 11.4 Å². The number of rotatable bonds is 5. The molecule has 11 nitrogen and oxygen atoms in total. The lowest BCUT2D eigenvalue weighted by atomic mass is 10.2. The van der Waals surface area contributed by atoms with Crippen LogP contribution in [0.25, 0.3) is 10.9 Å². The summed E-state index contributed by atoms with van der Waals surface area (Å²) in [5.74, 6) is -0.625. The van der Waals surface area contributed by atoms with Crippen molar-refractivity contribution in [1.29, 1.82) is 0 Å². The van der Waals surface area contributed by atoms with Crippen molar-refractivity contribution in [3.63, 3.8) is 0 Å². The molecular formula is C16H13N5O6S. The Bertz CT molecular complexity index is 1270. The molecule has 12 heteroatoms. The Labute approximate surface area is 157 Å². The smallest absolute Gasteiger partial charge is 0.270 e. The normalized spacial score (nSPS) is 11.3. The molecule has 0 spiro atoms. The lowest BCUT2D eigenvalue weighted by Crippen LogP contribution is -2.28. The molecule has 144 valence electrons. The molecule has 0 fully saturated rings. The summed E-state index contributed by atoms with van der Waals surface area (Å²) in [5.41, 5.74) is -0.461. The van der Waals surface area contributed by atoms with Gasteiger partial charge in [0.15, 0.2) is 0 Å². The molecule has 0 saturated heterocycles. The first-order valence-electron chi connectivity index (χ1n) is 7.71. The first kappa shape index (κ1) is 19.1. The number of sulfonamides is 1. The molecule has 1 amide bonds. The molecule has 0 aliphatic rings. The molecule has 0 saturated carbocycles. The molecule has 1 aromatic heterocycles. The van der Waals surface area contributed by atoms with Crippen LogP contribution in [0.3, 0.4) is 0 Å². The number of amides is 1. The number of anilines is 1. The van der Waals surface area contributed by atoms with Crippen LogP contribution < -0.4 is 16.0 Å². The molecule has 0 aliphatic heterocycles. The number of hydrogen-bond donors (Lipinski definition) is 2. The van der Waals surface area contributed by atoms with E-state index in [1.54, 1.807) is 0 Å². The van der Waals surface area contributed by atoms with Gasteiger partial charge in [0.05, 0.1) is 27.0 Å². The molecule has 0 aliphatic carbocycles. The fraction of sp³-hybridized carbons (Fsp3) is 0.0625. The Morgan fingerprint density at radius 3 is 2.68 bits per heavy atom. The van der Waals surface area contributed by atoms with E-state index in [0.717, 1.165) is 17.0 Å². The van der Waals surface area contributed by atoms with Crippen LogP contribution in [0.15, 0.2) is 58.5 Å². The average molecular weight is 403 g/mol. The number of carbonyl (C=O) groups excluding carboxylic acids is 1. The van der Waals surface area contributed by atoms with E-state index < -0.39 is 33.0 Å². The van der Waals surface area contributed by atoms with Crippen molar-refractivity contribution < 1.29 is 18.1 Å². The van der Waals surface area contributed by atoms with E-state index in [4.69, 9.17) is 5.14 Å². The summed E-state index contributed by atoms with van der Waals surface area (Å²) in [6, 6.07) is 8.97. The zero-order valence-corrected chi connectivity index (χ0v) is 14.9. The van der Waals surface area contributed by atoms with Gasteiger partial charge in [0.1, 0.15) is 6.54 Å². The van der Waals surface area contributed by atoms with Crippen molar-refractivity contribution in [3.05, 3.63) is 69.3 Å². The van der Waals surface area contributed by atoms with E-state index in [1.807, 2.05) is 0 Å². The third kappa shape index (κ3) is 4.02. The minimum absolute atomic E-state index is 0.000669. The fourth-order valence-electron chi connectivity index (χ4n) is 2.48. The van der Waals surface area contributed by atoms with Crippen molar-refractivity contribution in [2.24, 2.45) is 5.14 Å². The van der Waals surface area contributed by atoms with Crippen LogP contribution in [0, 0.1) is 10.1 Å². The van der Waals surface area contributed by atoms with Gasteiger partial charge in [-0.25, -0.2) is 18.5 Å². The summed E-state index contributed by atoms with van der Waals surface area (Å²) in [4.78, 5) is 38.8. The van der Waals surface area contributed by atoms with E-state index in [9.17, 15) is 28.1 Å². The van der Waals surface area contributed by atoms with Crippen molar-refractivity contribution in [3.8, 4) is 0 Å². The van der Waals surface area contributed by atoms with Gasteiger partial charge in [0, 0.05) is 17.8 Å². The first-order chi connectivity index (χ1) is 13.1. The third-order valence-electron chi connectivity index (χ3n) is 3.78. The van der Waals surface area contributed by atoms with E-state index in [1.165, 1.54) is 36.4 Å². The predicted octanol–water partition coefficient (Wildman–Crippen LogP) is 0.591. The number of hydrogen-bond acceptors (Lipinski definition) is 7. The summed E-state index contributed by atoms with van der Waals surface area (Å²) in [7, 11) is -3.93. The van der Waals surface area contributed by atoms with Crippen LogP contribution in [0.2, 0.25) is 0 Å². The van der Waals surface area contributed by atoms with Gasteiger partial charge < -0.3 is 5.32 Å². The zero-order valence-electron chi connectivity index (χ0n) is 14.1. The van der Waals surface area contributed by atoms with Gasteiger partial charge in [-0.2, -0.15) is 0 Å². The standard InChI is InChI=1S/C16H13N5O6S/c17-28(26,27)12-3-1-2-10(6-12)19-15(22)8-20-9-18-14-5-4-11(21(24)25)7-13(14)16(20)23/h1-7,9H,8H2,(H,19,22)(H2,17,26,27). The SMILES string of the molecule is NS(=O)(=O)c1cccc(NC(=O)Cn2cnc3ccc([N+](=O)[O-])cc3c2=O)c1. The van der Waals surface area contributed by atoms with E-state index in [2.05, 4.69) is 10.3 Å². The minimum atomic E-state index is -3.93. The van der Waals surface area contributed by atoms with E-state index in [-0.39, 0.29) is 27.2 Å². The van der Waals surface area contributed by atoms with Gasteiger partial charge in [-0.05, 0) is 24.3 Å². The molecule has 0 radical (unpaired) electrons. The molecule has 28 heavy (non-hydrogen) atoms. The summed E-state index contributed by atoms with van der Waals surface area (Å²) >= 11 is 0. The number of nitrogens with two attached hydrogens (primary N) is 1. The number of fused-ring (bicyclic) bond motifs is 1. The van der Waals surface area contributed by atoms with E-state index >= 15 is 0 Å². The summed E-state index contributed by atoms with van der Waals surface area (Å²) < 4.78 is 23.7. The molecule has 0 bridgehead atoms. The Kier molecular flexibility index (Phi) is 4.90. The second-order valence-electron chi connectivity index (χ2n) is 5.76. The highest BCUT2D eigenvalue weighted by Crippen LogP contribution is 2.16. The lowest BCUT2D eigenvalue weighted by molar-refractivity contribution is -0.384.